The van der Waals surface area contributed by atoms with Crippen molar-refractivity contribution >= 4 is 22.8 Å². The van der Waals surface area contributed by atoms with Crippen LogP contribution in [0.4, 0.5) is 0 Å². The fraction of sp³-hybridized carbons (Fsp3) is 0.421. The average molecular weight is 343 g/mol. The van der Waals surface area contributed by atoms with Gasteiger partial charge in [0.05, 0.1) is 5.39 Å². The number of piperidine rings is 1. The van der Waals surface area contributed by atoms with E-state index in [0.29, 0.717) is 11.0 Å². The van der Waals surface area contributed by atoms with Crippen LogP contribution in [0.5, 0.6) is 0 Å². The lowest BCUT2D eigenvalue weighted by Gasteiger charge is -2.38. The zero-order valence-corrected chi connectivity index (χ0v) is 14.4. The van der Waals surface area contributed by atoms with Crippen molar-refractivity contribution in [2.24, 2.45) is 0 Å². The second kappa shape index (κ2) is 7.09. The summed E-state index contributed by atoms with van der Waals surface area (Å²) in [6, 6.07) is 8.03. The van der Waals surface area contributed by atoms with Crippen molar-refractivity contribution in [1.82, 2.24) is 4.90 Å². The van der Waals surface area contributed by atoms with Gasteiger partial charge in [-0.1, -0.05) is 12.1 Å². The highest BCUT2D eigenvalue weighted by atomic mass is 16.5. The molecule has 25 heavy (non-hydrogen) atoms. The number of likely N-dealkylation sites (tertiary alicyclic amines) is 1. The van der Waals surface area contributed by atoms with Gasteiger partial charge in [-0.2, -0.15) is 0 Å². The summed E-state index contributed by atoms with van der Waals surface area (Å²) in [6.07, 6.45) is 2.99. The second-order valence-electron chi connectivity index (χ2n) is 6.48. The van der Waals surface area contributed by atoms with Gasteiger partial charge in [-0.3, -0.25) is 9.59 Å². The summed E-state index contributed by atoms with van der Waals surface area (Å²) in [5.74, 6) is -1.24. The first-order chi connectivity index (χ1) is 12.0. The standard InChI is InChI=1S/C19H21NO5/c1-12-6-5-7-13(2)20(12)18(22)11-24-19(23)17-10-15(21)14-8-3-4-9-16(14)25-17/h3-4,8-10,12-13H,5-7,11H2,1-2H3/t12-,13-/m1/s1. The van der Waals surface area contributed by atoms with Crippen molar-refractivity contribution in [2.75, 3.05) is 6.61 Å². The predicted molar refractivity (Wildman–Crippen MR) is 92.4 cm³/mol. The fourth-order valence-electron chi connectivity index (χ4n) is 3.39. The first kappa shape index (κ1) is 17.2. The third kappa shape index (κ3) is 3.57. The quantitative estimate of drug-likeness (QED) is 0.801. The molecule has 6 heteroatoms. The smallest absolute Gasteiger partial charge is 0.374 e. The highest BCUT2D eigenvalue weighted by Gasteiger charge is 2.29. The topological polar surface area (TPSA) is 76.8 Å². The Balaban J connectivity index is 1.70. The molecule has 0 saturated carbocycles. The van der Waals surface area contributed by atoms with Gasteiger partial charge in [-0.15, -0.1) is 0 Å². The first-order valence-corrected chi connectivity index (χ1v) is 8.48. The minimum absolute atomic E-state index is 0.133. The number of amides is 1. The Hall–Kier alpha value is -2.63. The van der Waals surface area contributed by atoms with Gasteiger partial charge in [-0.25, -0.2) is 4.79 Å². The molecule has 0 aliphatic carbocycles. The van der Waals surface area contributed by atoms with Gasteiger partial charge in [0.25, 0.3) is 5.91 Å². The molecule has 1 aliphatic heterocycles. The molecule has 0 bridgehead atoms. The largest absolute Gasteiger partial charge is 0.450 e. The molecule has 0 unspecified atom stereocenters. The third-order valence-corrected chi connectivity index (χ3v) is 4.64. The molecular weight excluding hydrogens is 322 g/mol. The van der Waals surface area contributed by atoms with E-state index in [1.165, 1.54) is 0 Å². The molecule has 132 valence electrons. The van der Waals surface area contributed by atoms with E-state index in [1.54, 1.807) is 29.2 Å². The minimum atomic E-state index is -0.812. The SMILES string of the molecule is C[C@@H]1CCC[C@@H](C)N1C(=O)COC(=O)c1cc(=O)c2ccccc2o1. The Kier molecular flexibility index (Phi) is 4.88. The molecule has 2 atom stereocenters. The number of hydrogen-bond donors (Lipinski definition) is 0. The van der Waals surface area contributed by atoms with Crippen LogP contribution in [0.3, 0.4) is 0 Å². The summed E-state index contributed by atoms with van der Waals surface area (Å²) in [6.45, 7) is 3.64. The molecule has 1 fully saturated rings. The van der Waals surface area contributed by atoms with Crippen molar-refractivity contribution < 1.29 is 18.7 Å². The normalized spacial score (nSPS) is 20.5. The van der Waals surface area contributed by atoms with Crippen LogP contribution >= 0.6 is 0 Å². The van der Waals surface area contributed by atoms with Gasteiger partial charge < -0.3 is 14.1 Å². The molecule has 0 radical (unpaired) electrons. The van der Waals surface area contributed by atoms with Crippen LogP contribution in [0.2, 0.25) is 0 Å². The number of ether oxygens (including phenoxy) is 1. The number of para-hydroxylation sites is 1. The number of carbonyl (C=O) groups excluding carboxylic acids is 2. The van der Waals surface area contributed by atoms with Crippen LogP contribution < -0.4 is 5.43 Å². The third-order valence-electron chi connectivity index (χ3n) is 4.64. The van der Waals surface area contributed by atoms with Crippen LogP contribution in [0.25, 0.3) is 11.0 Å². The van der Waals surface area contributed by atoms with E-state index >= 15 is 0 Å². The lowest BCUT2D eigenvalue weighted by atomic mass is 9.97. The van der Waals surface area contributed by atoms with Gasteiger partial charge in [-0.05, 0) is 45.2 Å². The zero-order valence-electron chi connectivity index (χ0n) is 14.4. The summed E-state index contributed by atoms with van der Waals surface area (Å²) in [4.78, 5) is 38.4. The first-order valence-electron chi connectivity index (χ1n) is 8.48. The van der Waals surface area contributed by atoms with Crippen LogP contribution in [-0.4, -0.2) is 35.5 Å². The molecular formula is C19H21NO5. The molecule has 0 spiro atoms. The summed E-state index contributed by atoms with van der Waals surface area (Å²) < 4.78 is 10.5. The highest BCUT2D eigenvalue weighted by Crippen LogP contribution is 2.22. The zero-order chi connectivity index (χ0) is 18.0. The van der Waals surface area contributed by atoms with Crippen LogP contribution in [-0.2, 0) is 9.53 Å². The van der Waals surface area contributed by atoms with Gasteiger partial charge >= 0.3 is 5.97 Å². The van der Waals surface area contributed by atoms with Crippen molar-refractivity contribution in [3.63, 3.8) is 0 Å². The molecule has 1 amide bonds. The summed E-state index contributed by atoms with van der Waals surface area (Å²) in [5, 5.41) is 0.395. The molecule has 1 aromatic carbocycles. The Morgan fingerprint density at radius 2 is 1.88 bits per heavy atom. The van der Waals surface area contributed by atoms with E-state index in [2.05, 4.69) is 0 Å². The van der Waals surface area contributed by atoms with Crippen molar-refractivity contribution in [3.05, 3.63) is 46.3 Å². The summed E-state index contributed by atoms with van der Waals surface area (Å²) >= 11 is 0. The molecule has 0 N–H and O–H groups in total. The van der Waals surface area contributed by atoms with Gasteiger partial charge in [0, 0.05) is 18.2 Å². The lowest BCUT2D eigenvalue weighted by Crippen LogP contribution is -2.49. The Bertz CT molecular complexity index is 846. The fourth-order valence-corrected chi connectivity index (χ4v) is 3.39. The number of carbonyl (C=O) groups is 2. The number of fused-ring (bicyclic) bond motifs is 1. The lowest BCUT2D eigenvalue weighted by molar-refractivity contribution is -0.140. The number of benzene rings is 1. The summed E-state index contributed by atoms with van der Waals surface area (Å²) in [7, 11) is 0. The van der Waals surface area contributed by atoms with Gasteiger partial charge in [0.2, 0.25) is 5.76 Å². The molecule has 1 aliphatic rings. The minimum Gasteiger partial charge on any atom is -0.450 e. The maximum absolute atomic E-state index is 12.4. The number of rotatable bonds is 3. The average Bonchev–Trinajstić information content (AvgIpc) is 2.59. The summed E-state index contributed by atoms with van der Waals surface area (Å²) in [5.41, 5.74) is -0.00930. The van der Waals surface area contributed by atoms with Crippen molar-refractivity contribution in [2.45, 2.75) is 45.2 Å². The van der Waals surface area contributed by atoms with Crippen LogP contribution in [0.15, 0.2) is 39.5 Å². The van der Waals surface area contributed by atoms with E-state index in [9.17, 15) is 14.4 Å². The molecule has 2 heterocycles. The van der Waals surface area contributed by atoms with E-state index < -0.39 is 5.97 Å². The number of nitrogens with zero attached hydrogens (tertiary/aromatic N) is 1. The number of esters is 1. The maximum atomic E-state index is 12.4. The second-order valence-corrected chi connectivity index (χ2v) is 6.48. The van der Waals surface area contributed by atoms with E-state index in [4.69, 9.17) is 9.15 Å². The molecule has 6 nitrogen and oxygen atoms in total. The molecule has 1 saturated heterocycles. The van der Waals surface area contributed by atoms with Gasteiger partial charge in [0.1, 0.15) is 5.58 Å². The number of hydrogen-bond acceptors (Lipinski definition) is 5. The Morgan fingerprint density at radius 3 is 2.60 bits per heavy atom. The van der Waals surface area contributed by atoms with Crippen LogP contribution in [0, 0.1) is 0 Å². The Labute approximate surface area is 145 Å². The molecule has 3 rings (SSSR count). The van der Waals surface area contributed by atoms with Crippen LogP contribution in [0.1, 0.15) is 43.7 Å². The van der Waals surface area contributed by atoms with E-state index in [0.717, 1.165) is 25.3 Å². The van der Waals surface area contributed by atoms with Crippen molar-refractivity contribution in [3.8, 4) is 0 Å². The molecule has 2 aromatic rings. The highest BCUT2D eigenvalue weighted by molar-refractivity contribution is 5.90. The molecule has 1 aromatic heterocycles. The predicted octanol–water partition coefficient (Wildman–Crippen LogP) is 2.74. The van der Waals surface area contributed by atoms with Gasteiger partial charge in [0.15, 0.2) is 12.0 Å². The van der Waals surface area contributed by atoms with E-state index in [1.807, 2.05) is 13.8 Å². The monoisotopic (exact) mass is 343 g/mol. The van der Waals surface area contributed by atoms with E-state index in [-0.39, 0.29) is 35.8 Å². The maximum Gasteiger partial charge on any atom is 0.374 e. The van der Waals surface area contributed by atoms with Crippen molar-refractivity contribution in [1.29, 1.82) is 0 Å². The Morgan fingerprint density at radius 1 is 1.20 bits per heavy atom.